The van der Waals surface area contributed by atoms with Gasteiger partial charge >= 0.3 is 0 Å². The Balaban J connectivity index is 3.04. The fraction of sp³-hybridized carbons (Fsp3) is 0.455. The molecule has 1 unspecified atom stereocenters. The lowest BCUT2D eigenvalue weighted by atomic mass is 10.0. The number of nitrogens with two attached hydrogens (primary N) is 1. The third-order valence-electron chi connectivity index (χ3n) is 2.22. The van der Waals surface area contributed by atoms with Crippen LogP contribution in [0.15, 0.2) is 12.1 Å². The van der Waals surface area contributed by atoms with Crippen molar-refractivity contribution in [2.45, 2.75) is 19.4 Å². The molecule has 0 aliphatic heterocycles. The van der Waals surface area contributed by atoms with Gasteiger partial charge in [0.15, 0.2) is 0 Å². The van der Waals surface area contributed by atoms with Crippen LogP contribution in [-0.2, 0) is 6.42 Å². The standard InChI is InChI=1S/C11H16FNO2/c1-7-3-10(12)9(5-8(13)6-14)11(4-7)15-2/h3-4,8,14H,5-6,13H2,1-2H3. The van der Waals surface area contributed by atoms with Crippen LogP contribution in [0, 0.1) is 12.7 Å². The van der Waals surface area contributed by atoms with E-state index in [4.69, 9.17) is 15.6 Å². The molecule has 15 heavy (non-hydrogen) atoms. The number of hydrogen-bond acceptors (Lipinski definition) is 3. The Morgan fingerprint density at radius 1 is 1.53 bits per heavy atom. The molecule has 4 heteroatoms. The Kier molecular flexibility index (Phi) is 4.05. The fourth-order valence-electron chi connectivity index (χ4n) is 1.45. The summed E-state index contributed by atoms with van der Waals surface area (Å²) in [6, 6.07) is 2.72. The molecular weight excluding hydrogens is 197 g/mol. The second-order valence-electron chi connectivity index (χ2n) is 3.57. The predicted octanol–water partition coefficient (Wildman–Crippen LogP) is 1.00. The first-order valence-corrected chi connectivity index (χ1v) is 4.78. The number of aryl methyl sites for hydroxylation is 1. The van der Waals surface area contributed by atoms with Gasteiger partial charge in [-0.05, 0) is 31.0 Å². The van der Waals surface area contributed by atoms with E-state index in [0.29, 0.717) is 11.3 Å². The maximum atomic E-state index is 13.6. The average Bonchev–Trinajstić information content (AvgIpc) is 2.21. The van der Waals surface area contributed by atoms with Gasteiger partial charge in [0, 0.05) is 11.6 Å². The molecule has 84 valence electrons. The number of benzene rings is 1. The Morgan fingerprint density at radius 3 is 2.73 bits per heavy atom. The Hall–Kier alpha value is -1.13. The third-order valence-corrected chi connectivity index (χ3v) is 2.22. The van der Waals surface area contributed by atoms with E-state index in [9.17, 15) is 4.39 Å². The minimum atomic E-state index is -0.462. The Labute approximate surface area is 88.7 Å². The van der Waals surface area contributed by atoms with Crippen molar-refractivity contribution in [3.63, 3.8) is 0 Å². The maximum Gasteiger partial charge on any atom is 0.130 e. The number of halogens is 1. The summed E-state index contributed by atoms with van der Waals surface area (Å²) in [5.74, 6) is 0.146. The van der Waals surface area contributed by atoms with Crippen LogP contribution in [0.1, 0.15) is 11.1 Å². The van der Waals surface area contributed by atoms with Crippen LogP contribution in [0.2, 0.25) is 0 Å². The smallest absolute Gasteiger partial charge is 0.130 e. The highest BCUT2D eigenvalue weighted by Crippen LogP contribution is 2.24. The molecule has 0 amide bonds. The SMILES string of the molecule is COc1cc(C)cc(F)c1CC(N)CO. The van der Waals surface area contributed by atoms with Crippen molar-refractivity contribution < 1.29 is 14.2 Å². The molecule has 0 bridgehead atoms. The van der Waals surface area contributed by atoms with Crippen molar-refractivity contribution in [3.05, 3.63) is 29.1 Å². The maximum absolute atomic E-state index is 13.6. The molecule has 0 heterocycles. The first-order valence-electron chi connectivity index (χ1n) is 4.78. The zero-order valence-corrected chi connectivity index (χ0v) is 8.96. The van der Waals surface area contributed by atoms with Gasteiger partial charge in [-0.3, -0.25) is 0 Å². The number of methoxy groups -OCH3 is 1. The number of aliphatic hydroxyl groups excluding tert-OH is 1. The number of aliphatic hydroxyl groups is 1. The van der Waals surface area contributed by atoms with Crippen LogP contribution in [0.25, 0.3) is 0 Å². The molecule has 0 spiro atoms. The molecule has 0 aliphatic carbocycles. The minimum absolute atomic E-state index is 0.170. The van der Waals surface area contributed by atoms with E-state index in [-0.39, 0.29) is 18.8 Å². The lowest BCUT2D eigenvalue weighted by molar-refractivity contribution is 0.263. The van der Waals surface area contributed by atoms with E-state index in [2.05, 4.69) is 0 Å². The highest BCUT2D eigenvalue weighted by Gasteiger charge is 2.13. The minimum Gasteiger partial charge on any atom is -0.496 e. The summed E-state index contributed by atoms with van der Waals surface area (Å²) in [6.45, 7) is 1.62. The van der Waals surface area contributed by atoms with Gasteiger partial charge in [0.05, 0.1) is 13.7 Å². The molecule has 1 aromatic rings. The monoisotopic (exact) mass is 213 g/mol. The van der Waals surface area contributed by atoms with Gasteiger partial charge in [0.1, 0.15) is 11.6 Å². The summed E-state index contributed by atoms with van der Waals surface area (Å²) in [7, 11) is 1.49. The van der Waals surface area contributed by atoms with E-state index in [1.165, 1.54) is 13.2 Å². The summed E-state index contributed by atoms with van der Waals surface area (Å²) in [6.07, 6.45) is 0.270. The molecule has 0 aliphatic rings. The van der Waals surface area contributed by atoms with E-state index in [0.717, 1.165) is 5.56 Å². The van der Waals surface area contributed by atoms with E-state index < -0.39 is 6.04 Å². The van der Waals surface area contributed by atoms with E-state index in [1.807, 2.05) is 0 Å². The molecule has 1 atom stereocenters. The van der Waals surface area contributed by atoms with Crippen LogP contribution in [0.3, 0.4) is 0 Å². The molecule has 0 saturated heterocycles. The van der Waals surface area contributed by atoms with Crippen molar-refractivity contribution in [3.8, 4) is 5.75 Å². The molecule has 0 aromatic heterocycles. The van der Waals surface area contributed by atoms with Crippen molar-refractivity contribution in [2.75, 3.05) is 13.7 Å². The second-order valence-corrected chi connectivity index (χ2v) is 3.57. The quantitative estimate of drug-likeness (QED) is 0.784. The van der Waals surface area contributed by atoms with Crippen LogP contribution >= 0.6 is 0 Å². The van der Waals surface area contributed by atoms with Crippen molar-refractivity contribution in [1.29, 1.82) is 0 Å². The highest BCUT2D eigenvalue weighted by molar-refractivity contribution is 5.38. The molecule has 1 aromatic carbocycles. The van der Waals surface area contributed by atoms with Gasteiger partial charge in [-0.25, -0.2) is 4.39 Å². The van der Waals surface area contributed by atoms with Crippen LogP contribution < -0.4 is 10.5 Å². The lowest BCUT2D eigenvalue weighted by Gasteiger charge is -2.13. The van der Waals surface area contributed by atoms with Gasteiger partial charge in [-0.2, -0.15) is 0 Å². The van der Waals surface area contributed by atoms with Gasteiger partial charge in [-0.15, -0.1) is 0 Å². The first kappa shape index (κ1) is 11.9. The van der Waals surface area contributed by atoms with Gasteiger partial charge in [-0.1, -0.05) is 0 Å². The zero-order chi connectivity index (χ0) is 11.4. The highest BCUT2D eigenvalue weighted by atomic mass is 19.1. The Bertz CT molecular complexity index is 342. The van der Waals surface area contributed by atoms with E-state index >= 15 is 0 Å². The summed E-state index contributed by atoms with van der Waals surface area (Å²) in [4.78, 5) is 0. The molecule has 0 saturated carbocycles. The largest absolute Gasteiger partial charge is 0.496 e. The molecule has 1 rings (SSSR count). The normalized spacial score (nSPS) is 12.6. The Morgan fingerprint density at radius 2 is 2.20 bits per heavy atom. The summed E-state index contributed by atoms with van der Waals surface area (Å²) in [5, 5.41) is 8.82. The molecule has 3 N–H and O–H groups in total. The number of rotatable bonds is 4. The fourth-order valence-corrected chi connectivity index (χ4v) is 1.45. The topological polar surface area (TPSA) is 55.5 Å². The lowest BCUT2D eigenvalue weighted by Crippen LogP contribution is -2.27. The van der Waals surface area contributed by atoms with Crippen LogP contribution in [0.5, 0.6) is 5.75 Å². The molecule has 3 nitrogen and oxygen atoms in total. The number of hydrogen-bond donors (Lipinski definition) is 2. The molecule has 0 radical (unpaired) electrons. The van der Waals surface area contributed by atoms with Crippen molar-refractivity contribution in [1.82, 2.24) is 0 Å². The van der Waals surface area contributed by atoms with Crippen LogP contribution in [-0.4, -0.2) is 24.9 Å². The molecular formula is C11H16FNO2. The van der Waals surface area contributed by atoms with Gasteiger partial charge < -0.3 is 15.6 Å². The van der Waals surface area contributed by atoms with Crippen LogP contribution in [0.4, 0.5) is 4.39 Å². The van der Waals surface area contributed by atoms with Gasteiger partial charge in [0.2, 0.25) is 0 Å². The summed E-state index contributed by atoms with van der Waals surface area (Å²) >= 11 is 0. The summed E-state index contributed by atoms with van der Waals surface area (Å²) in [5.41, 5.74) is 6.78. The van der Waals surface area contributed by atoms with Crippen molar-refractivity contribution in [2.24, 2.45) is 5.73 Å². The first-order chi connectivity index (χ1) is 7.08. The predicted molar refractivity (Wildman–Crippen MR) is 56.5 cm³/mol. The third kappa shape index (κ3) is 2.91. The molecule has 0 fully saturated rings. The number of ether oxygens (including phenoxy) is 1. The van der Waals surface area contributed by atoms with E-state index in [1.54, 1.807) is 13.0 Å². The zero-order valence-electron chi connectivity index (χ0n) is 8.96. The van der Waals surface area contributed by atoms with Gasteiger partial charge in [0.25, 0.3) is 0 Å². The average molecular weight is 213 g/mol. The van der Waals surface area contributed by atoms with Crippen molar-refractivity contribution >= 4 is 0 Å². The summed E-state index contributed by atoms with van der Waals surface area (Å²) < 4.78 is 18.7. The second kappa shape index (κ2) is 5.09.